The molecule has 0 radical (unpaired) electrons. The van der Waals surface area contributed by atoms with Crippen molar-refractivity contribution in [1.82, 2.24) is 5.32 Å². The number of benzene rings is 1. The average molecular weight is 278 g/mol. The van der Waals surface area contributed by atoms with E-state index in [9.17, 15) is 4.79 Å². The van der Waals surface area contributed by atoms with E-state index in [1.165, 1.54) is 5.56 Å². The van der Waals surface area contributed by atoms with Crippen LogP contribution in [-0.2, 0) is 0 Å². The lowest BCUT2D eigenvalue weighted by molar-refractivity contribution is 0.0952. The molecule has 0 atom stereocenters. The number of hydrogen-bond donors (Lipinski definition) is 2. The van der Waals surface area contributed by atoms with Gasteiger partial charge in [-0.05, 0) is 51.2 Å². The Bertz CT molecular complexity index is 460. The Morgan fingerprint density at radius 1 is 1.21 bits per heavy atom. The van der Waals surface area contributed by atoms with Crippen molar-refractivity contribution in [3.63, 3.8) is 0 Å². The van der Waals surface area contributed by atoms with Crippen molar-refractivity contribution in [3.05, 3.63) is 34.4 Å². The normalized spacial score (nSPS) is 10.3. The van der Waals surface area contributed by atoms with E-state index in [-0.39, 0.29) is 5.91 Å². The average Bonchev–Trinajstić information content (AvgIpc) is 2.26. The van der Waals surface area contributed by atoms with Gasteiger partial charge in [0.2, 0.25) is 0 Å². The van der Waals surface area contributed by atoms with Crippen molar-refractivity contribution in [1.29, 1.82) is 0 Å². The molecule has 0 saturated heterocycles. The Morgan fingerprint density at radius 2 is 1.79 bits per heavy atom. The minimum absolute atomic E-state index is 0.00493. The summed E-state index contributed by atoms with van der Waals surface area (Å²) >= 11 is 4.81. The molecule has 3 nitrogen and oxygen atoms in total. The number of unbranched alkanes of at least 4 members (excludes halogenated alkanes) is 1. The van der Waals surface area contributed by atoms with Crippen molar-refractivity contribution < 1.29 is 4.79 Å². The first-order valence-electron chi connectivity index (χ1n) is 6.56. The summed E-state index contributed by atoms with van der Waals surface area (Å²) in [6.07, 6.45) is 2.56. The van der Waals surface area contributed by atoms with Crippen LogP contribution in [0.3, 0.4) is 0 Å². The maximum Gasteiger partial charge on any atom is 0.251 e. The molecule has 0 bridgehead atoms. The van der Waals surface area contributed by atoms with Gasteiger partial charge < -0.3 is 11.1 Å². The first-order chi connectivity index (χ1) is 8.91. The number of carbonyl (C=O) groups is 1. The maximum absolute atomic E-state index is 12.1. The molecule has 1 amide bonds. The monoisotopic (exact) mass is 278 g/mol. The van der Waals surface area contributed by atoms with Crippen LogP contribution in [0.4, 0.5) is 0 Å². The second-order valence-corrected chi connectivity index (χ2v) is 5.48. The zero-order valence-electron chi connectivity index (χ0n) is 11.9. The molecule has 1 aromatic carbocycles. The van der Waals surface area contributed by atoms with E-state index in [4.69, 9.17) is 18.0 Å². The molecule has 0 spiro atoms. The Balaban J connectivity index is 2.52. The Hall–Kier alpha value is -1.42. The van der Waals surface area contributed by atoms with Crippen molar-refractivity contribution in [2.24, 2.45) is 5.73 Å². The van der Waals surface area contributed by atoms with Crippen molar-refractivity contribution in [2.45, 2.75) is 40.0 Å². The molecular weight excluding hydrogens is 256 g/mol. The van der Waals surface area contributed by atoms with Gasteiger partial charge in [-0.2, -0.15) is 0 Å². The molecule has 1 rings (SSSR count). The Morgan fingerprint density at radius 3 is 2.32 bits per heavy atom. The summed E-state index contributed by atoms with van der Waals surface area (Å²) in [4.78, 5) is 12.7. The molecule has 19 heavy (non-hydrogen) atoms. The zero-order valence-corrected chi connectivity index (χ0v) is 12.7. The number of nitrogens with one attached hydrogen (secondary N) is 1. The lowest BCUT2D eigenvalue weighted by Crippen LogP contribution is -2.26. The quantitative estimate of drug-likeness (QED) is 0.621. The van der Waals surface area contributed by atoms with E-state index in [1.807, 2.05) is 32.9 Å². The first kappa shape index (κ1) is 15.6. The third-order valence-electron chi connectivity index (χ3n) is 3.04. The van der Waals surface area contributed by atoms with Crippen LogP contribution in [0.1, 0.15) is 46.3 Å². The summed E-state index contributed by atoms with van der Waals surface area (Å²) in [5.41, 5.74) is 9.45. The fraction of sp³-hybridized carbons (Fsp3) is 0.467. The number of amides is 1. The number of rotatable bonds is 6. The highest BCUT2D eigenvalue weighted by atomic mass is 32.1. The molecule has 0 aliphatic heterocycles. The largest absolute Gasteiger partial charge is 0.393 e. The van der Waals surface area contributed by atoms with Gasteiger partial charge >= 0.3 is 0 Å². The van der Waals surface area contributed by atoms with Gasteiger partial charge in [0.25, 0.3) is 5.91 Å². The highest BCUT2D eigenvalue weighted by Crippen LogP contribution is 2.16. The minimum atomic E-state index is 0.00493. The first-order valence-corrected chi connectivity index (χ1v) is 6.97. The predicted octanol–water partition coefficient (Wildman–Crippen LogP) is 2.80. The van der Waals surface area contributed by atoms with Crippen LogP contribution in [0.15, 0.2) is 12.1 Å². The van der Waals surface area contributed by atoms with Crippen LogP contribution < -0.4 is 11.1 Å². The summed E-state index contributed by atoms with van der Waals surface area (Å²) in [6, 6.07) is 4.07. The Labute approximate surface area is 120 Å². The smallest absolute Gasteiger partial charge is 0.251 e. The highest BCUT2D eigenvalue weighted by molar-refractivity contribution is 7.80. The molecule has 1 aromatic rings. The van der Waals surface area contributed by atoms with E-state index in [0.717, 1.165) is 36.0 Å². The van der Waals surface area contributed by atoms with Gasteiger partial charge in [-0.3, -0.25) is 4.79 Å². The van der Waals surface area contributed by atoms with Crippen molar-refractivity contribution in [2.75, 3.05) is 6.54 Å². The van der Waals surface area contributed by atoms with Crippen LogP contribution in [0.2, 0.25) is 0 Å². The summed E-state index contributed by atoms with van der Waals surface area (Å²) < 4.78 is 0. The third-order valence-corrected chi connectivity index (χ3v) is 3.24. The molecule has 0 aliphatic rings. The number of hydrogen-bond acceptors (Lipinski definition) is 2. The van der Waals surface area contributed by atoms with E-state index < -0.39 is 0 Å². The van der Waals surface area contributed by atoms with E-state index in [2.05, 4.69) is 5.32 Å². The van der Waals surface area contributed by atoms with Crippen LogP contribution in [0.5, 0.6) is 0 Å². The predicted molar refractivity (Wildman–Crippen MR) is 83.6 cm³/mol. The summed E-state index contributed by atoms with van der Waals surface area (Å²) in [7, 11) is 0. The molecule has 104 valence electrons. The van der Waals surface area contributed by atoms with Crippen LogP contribution in [-0.4, -0.2) is 17.4 Å². The molecule has 0 fully saturated rings. The van der Waals surface area contributed by atoms with Gasteiger partial charge in [0.1, 0.15) is 0 Å². The van der Waals surface area contributed by atoms with Crippen LogP contribution in [0.25, 0.3) is 0 Å². The van der Waals surface area contributed by atoms with E-state index in [0.29, 0.717) is 11.5 Å². The number of nitrogens with two attached hydrogens (primary N) is 1. The lowest BCUT2D eigenvalue weighted by atomic mass is 9.99. The molecule has 4 heteroatoms. The second-order valence-electron chi connectivity index (χ2n) is 4.95. The van der Waals surface area contributed by atoms with Crippen LogP contribution in [0, 0.1) is 20.8 Å². The maximum atomic E-state index is 12.1. The van der Waals surface area contributed by atoms with Gasteiger partial charge in [0, 0.05) is 12.1 Å². The summed E-state index contributed by atoms with van der Waals surface area (Å²) in [5, 5.41) is 2.95. The van der Waals surface area contributed by atoms with Gasteiger partial charge in [-0.15, -0.1) is 0 Å². The standard InChI is InChI=1S/C15H22N2OS/c1-10-8-11(2)14(12(3)9-10)15(18)17-7-5-4-6-13(16)19/h8-9H,4-7H2,1-3H3,(H2,16,19)(H,17,18). The molecule has 0 unspecified atom stereocenters. The van der Waals surface area contributed by atoms with Crippen molar-refractivity contribution >= 4 is 23.1 Å². The van der Waals surface area contributed by atoms with E-state index >= 15 is 0 Å². The van der Waals surface area contributed by atoms with Crippen LogP contribution >= 0.6 is 12.2 Å². The number of aryl methyl sites for hydroxylation is 3. The Kier molecular flexibility index (Phi) is 5.96. The third kappa shape index (κ3) is 4.99. The minimum Gasteiger partial charge on any atom is -0.393 e. The lowest BCUT2D eigenvalue weighted by Gasteiger charge is -2.11. The van der Waals surface area contributed by atoms with E-state index in [1.54, 1.807) is 0 Å². The number of thiocarbonyl (C=S) groups is 1. The van der Waals surface area contributed by atoms with Gasteiger partial charge in [-0.25, -0.2) is 0 Å². The molecule has 0 heterocycles. The fourth-order valence-electron chi connectivity index (χ4n) is 2.25. The highest BCUT2D eigenvalue weighted by Gasteiger charge is 2.11. The molecule has 0 aromatic heterocycles. The number of carbonyl (C=O) groups excluding carboxylic acids is 1. The summed E-state index contributed by atoms with van der Waals surface area (Å²) in [6.45, 7) is 6.65. The molecule has 0 aliphatic carbocycles. The fourth-order valence-corrected chi connectivity index (χ4v) is 2.40. The van der Waals surface area contributed by atoms with Gasteiger partial charge in [0.15, 0.2) is 0 Å². The molecule has 3 N–H and O–H groups in total. The topological polar surface area (TPSA) is 55.1 Å². The second kappa shape index (κ2) is 7.24. The molecular formula is C15H22N2OS. The molecule has 0 saturated carbocycles. The summed E-state index contributed by atoms with van der Waals surface area (Å²) in [5.74, 6) is 0.00493. The van der Waals surface area contributed by atoms with Gasteiger partial charge in [-0.1, -0.05) is 29.9 Å². The van der Waals surface area contributed by atoms with Crippen molar-refractivity contribution in [3.8, 4) is 0 Å². The zero-order chi connectivity index (χ0) is 14.4. The SMILES string of the molecule is Cc1cc(C)c(C(=O)NCCCCC(N)=S)c(C)c1. The van der Waals surface area contributed by atoms with Gasteiger partial charge in [0.05, 0.1) is 4.99 Å².